The Balaban J connectivity index is 1.73. The van der Waals surface area contributed by atoms with Gasteiger partial charge in [-0.2, -0.15) is 0 Å². The molecule has 2 aliphatic rings. The number of nitrogens with zero attached hydrogens (tertiary/aromatic N) is 2. The third-order valence-corrected chi connectivity index (χ3v) is 6.42. The van der Waals surface area contributed by atoms with Crippen LogP contribution in [0.4, 0.5) is 5.69 Å². The molecule has 5 heteroatoms. The molecule has 0 unspecified atom stereocenters. The summed E-state index contributed by atoms with van der Waals surface area (Å²) in [6.45, 7) is 2.07. The zero-order valence-corrected chi connectivity index (χ0v) is 15.8. The SMILES string of the molecule is Cc1ccc(C2=N[C@H]3C=CC=C[C@H]3S[C@H](c3cccc([N+](=O)[O-])c3)C2)cc1. The van der Waals surface area contributed by atoms with Crippen molar-refractivity contribution in [3.8, 4) is 0 Å². The van der Waals surface area contributed by atoms with Crippen molar-refractivity contribution >= 4 is 23.2 Å². The van der Waals surface area contributed by atoms with Gasteiger partial charge in [0.05, 0.1) is 11.0 Å². The summed E-state index contributed by atoms with van der Waals surface area (Å²) in [5, 5.41) is 11.6. The fraction of sp³-hybridized carbons (Fsp3) is 0.227. The summed E-state index contributed by atoms with van der Waals surface area (Å²) in [6, 6.07) is 15.5. The lowest BCUT2D eigenvalue weighted by Crippen LogP contribution is -2.19. The van der Waals surface area contributed by atoms with Gasteiger partial charge in [-0.25, -0.2) is 0 Å². The first-order valence-corrected chi connectivity index (χ1v) is 9.93. The molecule has 0 N–H and O–H groups in total. The number of rotatable bonds is 3. The molecular weight excluding hydrogens is 356 g/mol. The first kappa shape index (κ1) is 17.7. The van der Waals surface area contributed by atoms with E-state index in [1.807, 2.05) is 23.9 Å². The van der Waals surface area contributed by atoms with E-state index >= 15 is 0 Å². The number of aliphatic imine (C=N–C) groups is 1. The van der Waals surface area contributed by atoms with Gasteiger partial charge in [-0.1, -0.05) is 66.3 Å². The number of thioether (sulfide) groups is 1. The van der Waals surface area contributed by atoms with Crippen molar-refractivity contribution < 1.29 is 4.92 Å². The van der Waals surface area contributed by atoms with Gasteiger partial charge in [-0.3, -0.25) is 15.1 Å². The number of fused-ring (bicyclic) bond motifs is 1. The number of benzene rings is 2. The molecule has 4 nitrogen and oxygen atoms in total. The molecule has 1 aliphatic heterocycles. The Hall–Kier alpha value is -2.66. The molecule has 0 fully saturated rings. The maximum Gasteiger partial charge on any atom is 0.269 e. The van der Waals surface area contributed by atoms with Crippen molar-refractivity contribution in [3.63, 3.8) is 0 Å². The highest BCUT2D eigenvalue weighted by Gasteiger charge is 2.30. The van der Waals surface area contributed by atoms with Crippen molar-refractivity contribution in [3.05, 3.63) is 99.6 Å². The Bertz CT molecular complexity index is 947. The summed E-state index contributed by atoms with van der Waals surface area (Å²) in [6.07, 6.45) is 9.18. The molecule has 0 bridgehead atoms. The number of nitro groups is 1. The molecule has 136 valence electrons. The fourth-order valence-electron chi connectivity index (χ4n) is 3.44. The summed E-state index contributed by atoms with van der Waals surface area (Å²) in [4.78, 5) is 15.9. The zero-order valence-electron chi connectivity index (χ0n) is 15.0. The highest BCUT2D eigenvalue weighted by molar-refractivity contribution is 8.00. The molecule has 0 saturated carbocycles. The maximum atomic E-state index is 11.2. The Labute approximate surface area is 162 Å². The van der Waals surface area contributed by atoms with E-state index in [2.05, 4.69) is 49.4 Å². The highest BCUT2D eigenvalue weighted by atomic mass is 32.2. The lowest BCUT2D eigenvalue weighted by atomic mass is 9.99. The number of non-ortho nitro benzene ring substituents is 1. The van der Waals surface area contributed by atoms with Gasteiger partial charge >= 0.3 is 0 Å². The molecule has 0 amide bonds. The summed E-state index contributed by atoms with van der Waals surface area (Å²) < 4.78 is 0. The zero-order chi connectivity index (χ0) is 18.8. The fourth-order valence-corrected chi connectivity index (χ4v) is 4.87. The predicted octanol–water partition coefficient (Wildman–Crippen LogP) is 5.43. The van der Waals surface area contributed by atoms with Crippen LogP contribution < -0.4 is 0 Å². The molecule has 4 rings (SSSR count). The van der Waals surface area contributed by atoms with E-state index < -0.39 is 0 Å². The molecule has 2 aromatic rings. The standard InChI is InChI=1S/C22H20N2O2S/c1-15-9-11-16(12-10-15)20-14-22(17-5-4-6-18(13-17)24(25)26)27-21-8-3-2-7-19(21)23-20/h2-13,19,21-22H,14H2,1H3/t19-,21+,22-/m0/s1. The minimum Gasteiger partial charge on any atom is -0.280 e. The van der Waals surface area contributed by atoms with Crippen molar-refractivity contribution in [1.82, 2.24) is 0 Å². The molecule has 1 heterocycles. The Morgan fingerprint density at radius 1 is 1.11 bits per heavy atom. The van der Waals surface area contributed by atoms with Gasteiger partial charge in [0.1, 0.15) is 0 Å². The summed E-state index contributed by atoms with van der Waals surface area (Å²) in [7, 11) is 0. The van der Waals surface area contributed by atoms with Crippen LogP contribution >= 0.6 is 11.8 Å². The predicted molar refractivity (Wildman–Crippen MR) is 112 cm³/mol. The second-order valence-corrected chi connectivity index (χ2v) is 8.23. The van der Waals surface area contributed by atoms with Crippen LogP contribution in [0.2, 0.25) is 0 Å². The van der Waals surface area contributed by atoms with E-state index in [1.165, 1.54) is 5.56 Å². The van der Waals surface area contributed by atoms with E-state index in [0.29, 0.717) is 0 Å². The van der Waals surface area contributed by atoms with Crippen LogP contribution in [0.1, 0.15) is 28.4 Å². The third kappa shape index (κ3) is 3.88. The van der Waals surface area contributed by atoms with Crippen LogP contribution in [-0.4, -0.2) is 21.9 Å². The molecule has 0 aromatic heterocycles. The molecule has 2 aromatic carbocycles. The van der Waals surface area contributed by atoms with Crippen molar-refractivity contribution in [2.24, 2.45) is 4.99 Å². The van der Waals surface area contributed by atoms with E-state index in [9.17, 15) is 10.1 Å². The summed E-state index contributed by atoms with van der Waals surface area (Å²) in [5.41, 5.74) is 4.53. The van der Waals surface area contributed by atoms with Crippen LogP contribution in [0.15, 0.2) is 77.8 Å². The van der Waals surface area contributed by atoms with Gasteiger partial charge in [0.25, 0.3) is 5.69 Å². The quantitative estimate of drug-likeness (QED) is 0.530. The third-order valence-electron chi connectivity index (χ3n) is 4.90. The van der Waals surface area contributed by atoms with Gasteiger partial charge in [-0.15, -0.1) is 11.8 Å². The van der Waals surface area contributed by atoms with Gasteiger partial charge in [0.2, 0.25) is 0 Å². The minimum atomic E-state index is -0.327. The van der Waals surface area contributed by atoms with Gasteiger partial charge in [0, 0.05) is 34.8 Å². The molecule has 0 spiro atoms. The molecule has 1 aliphatic carbocycles. The minimum absolute atomic E-state index is 0.0972. The van der Waals surface area contributed by atoms with E-state index in [4.69, 9.17) is 4.99 Å². The van der Waals surface area contributed by atoms with Crippen molar-refractivity contribution in [1.29, 1.82) is 0 Å². The second kappa shape index (κ2) is 7.53. The topological polar surface area (TPSA) is 55.5 Å². The molecule has 0 radical (unpaired) electrons. The summed E-state index contributed by atoms with van der Waals surface area (Å²) >= 11 is 1.84. The summed E-state index contributed by atoms with van der Waals surface area (Å²) in [5.74, 6) is 0. The average molecular weight is 376 g/mol. The Morgan fingerprint density at radius 2 is 1.89 bits per heavy atom. The first-order valence-electron chi connectivity index (χ1n) is 8.99. The average Bonchev–Trinajstić information content (AvgIpc) is 2.88. The van der Waals surface area contributed by atoms with E-state index in [-0.39, 0.29) is 27.2 Å². The van der Waals surface area contributed by atoms with Gasteiger partial charge < -0.3 is 0 Å². The number of aryl methyl sites for hydroxylation is 1. The second-order valence-electron chi connectivity index (χ2n) is 6.85. The molecule has 0 saturated heterocycles. The van der Waals surface area contributed by atoms with Crippen LogP contribution in [0, 0.1) is 17.0 Å². The van der Waals surface area contributed by atoms with Crippen molar-refractivity contribution in [2.75, 3.05) is 0 Å². The molecular formula is C22H20N2O2S. The van der Waals surface area contributed by atoms with E-state index in [1.54, 1.807) is 18.2 Å². The lowest BCUT2D eigenvalue weighted by Gasteiger charge is -2.22. The maximum absolute atomic E-state index is 11.2. The number of allylic oxidation sites excluding steroid dienone is 2. The lowest BCUT2D eigenvalue weighted by molar-refractivity contribution is -0.384. The normalized spacial score (nSPS) is 24.0. The Kier molecular flexibility index (Phi) is 4.94. The van der Waals surface area contributed by atoms with Crippen molar-refractivity contribution in [2.45, 2.75) is 29.9 Å². The molecule has 27 heavy (non-hydrogen) atoms. The number of hydrogen-bond donors (Lipinski definition) is 0. The van der Waals surface area contributed by atoms with Crippen LogP contribution in [0.5, 0.6) is 0 Å². The monoisotopic (exact) mass is 376 g/mol. The van der Waals surface area contributed by atoms with Crippen LogP contribution in [0.3, 0.4) is 0 Å². The first-order chi connectivity index (χ1) is 13.1. The largest absolute Gasteiger partial charge is 0.280 e. The highest BCUT2D eigenvalue weighted by Crippen LogP contribution is 2.42. The van der Waals surface area contributed by atoms with Crippen LogP contribution in [-0.2, 0) is 0 Å². The van der Waals surface area contributed by atoms with E-state index in [0.717, 1.165) is 23.3 Å². The number of hydrogen-bond acceptors (Lipinski definition) is 4. The smallest absolute Gasteiger partial charge is 0.269 e. The van der Waals surface area contributed by atoms with Gasteiger partial charge in [0.15, 0.2) is 0 Å². The molecule has 3 atom stereocenters. The number of nitro benzene ring substituents is 1. The van der Waals surface area contributed by atoms with Gasteiger partial charge in [-0.05, 0) is 18.1 Å². The Morgan fingerprint density at radius 3 is 2.67 bits per heavy atom. The van der Waals surface area contributed by atoms with Crippen LogP contribution in [0.25, 0.3) is 0 Å².